The summed E-state index contributed by atoms with van der Waals surface area (Å²) >= 11 is 3.45. The molecule has 0 saturated carbocycles. The first-order valence-corrected chi connectivity index (χ1v) is 6.60. The largest absolute Gasteiger partial charge is 0.393 e. The molecule has 1 amide bonds. The number of carbonyl (C=O) groups excluding carboxylic acids is 1. The molecule has 5 heteroatoms. The number of aromatic amines is 1. The van der Waals surface area contributed by atoms with Crippen LogP contribution in [0.1, 0.15) is 23.8 Å². The smallest absolute Gasteiger partial charge is 0.267 e. The Labute approximate surface area is 114 Å². The minimum Gasteiger partial charge on any atom is -0.393 e. The monoisotopic (exact) mass is 310 g/mol. The Morgan fingerprint density at radius 1 is 1.56 bits per heavy atom. The molecular formula is C13H15BrN2O2. The first kappa shape index (κ1) is 13.1. The predicted octanol–water partition coefficient (Wildman–Crippen LogP) is 2.43. The first-order chi connectivity index (χ1) is 8.58. The van der Waals surface area contributed by atoms with E-state index >= 15 is 0 Å². The van der Waals surface area contributed by atoms with Crippen LogP contribution >= 0.6 is 15.9 Å². The Kier molecular flexibility index (Phi) is 4.04. The van der Waals surface area contributed by atoms with Crippen LogP contribution in [-0.2, 0) is 0 Å². The van der Waals surface area contributed by atoms with E-state index in [0.717, 1.165) is 15.4 Å². The maximum Gasteiger partial charge on any atom is 0.267 e. The van der Waals surface area contributed by atoms with Gasteiger partial charge in [0.1, 0.15) is 5.69 Å². The Morgan fingerprint density at radius 3 is 3.00 bits per heavy atom. The zero-order valence-corrected chi connectivity index (χ0v) is 11.6. The second kappa shape index (κ2) is 5.54. The highest BCUT2D eigenvalue weighted by atomic mass is 79.9. The standard InChI is InChI=1S/C13H15BrN2O2/c1-8(17)5-6-15-13(18)12-7-9-10(14)3-2-4-11(9)16-12/h2-4,7-8,16-17H,5-6H2,1H3,(H,15,18). The first-order valence-electron chi connectivity index (χ1n) is 5.81. The van der Waals surface area contributed by atoms with Crippen molar-refractivity contribution >= 4 is 32.7 Å². The highest BCUT2D eigenvalue weighted by molar-refractivity contribution is 9.10. The molecule has 1 atom stereocenters. The summed E-state index contributed by atoms with van der Waals surface area (Å²) in [5, 5.41) is 12.9. The van der Waals surface area contributed by atoms with E-state index in [0.29, 0.717) is 18.7 Å². The van der Waals surface area contributed by atoms with Gasteiger partial charge >= 0.3 is 0 Å². The molecule has 0 saturated heterocycles. The van der Waals surface area contributed by atoms with E-state index in [4.69, 9.17) is 5.11 Å². The lowest BCUT2D eigenvalue weighted by atomic mass is 10.2. The molecule has 3 N–H and O–H groups in total. The third-order valence-corrected chi connectivity index (χ3v) is 3.39. The average Bonchev–Trinajstić information content (AvgIpc) is 2.74. The van der Waals surface area contributed by atoms with Crippen molar-refractivity contribution in [2.45, 2.75) is 19.4 Å². The highest BCUT2D eigenvalue weighted by Gasteiger charge is 2.10. The molecule has 2 aromatic rings. The Balaban J connectivity index is 2.11. The lowest BCUT2D eigenvalue weighted by Gasteiger charge is -2.05. The maximum atomic E-state index is 11.9. The fourth-order valence-corrected chi connectivity index (χ4v) is 2.21. The van der Waals surface area contributed by atoms with Gasteiger partial charge < -0.3 is 15.4 Å². The van der Waals surface area contributed by atoms with Crippen LogP contribution in [0.3, 0.4) is 0 Å². The van der Waals surface area contributed by atoms with Crippen molar-refractivity contribution in [3.8, 4) is 0 Å². The molecule has 18 heavy (non-hydrogen) atoms. The van der Waals surface area contributed by atoms with Crippen molar-refractivity contribution < 1.29 is 9.90 Å². The van der Waals surface area contributed by atoms with Gasteiger partial charge in [0.15, 0.2) is 0 Å². The highest BCUT2D eigenvalue weighted by Crippen LogP contribution is 2.24. The molecule has 4 nitrogen and oxygen atoms in total. The molecule has 2 rings (SSSR count). The number of aliphatic hydroxyl groups excluding tert-OH is 1. The summed E-state index contributed by atoms with van der Waals surface area (Å²) in [6.07, 6.45) is 0.150. The number of nitrogens with one attached hydrogen (secondary N) is 2. The molecule has 0 aliphatic rings. The fraction of sp³-hybridized carbons (Fsp3) is 0.308. The minimum absolute atomic E-state index is 0.154. The molecule has 0 bridgehead atoms. The lowest BCUT2D eigenvalue weighted by molar-refractivity contribution is 0.0941. The SMILES string of the molecule is CC(O)CCNC(=O)c1cc2c(Br)cccc2[nH]1. The number of aliphatic hydroxyl groups is 1. The van der Waals surface area contributed by atoms with Crippen molar-refractivity contribution in [3.05, 3.63) is 34.4 Å². The van der Waals surface area contributed by atoms with Crippen LogP contribution in [0.2, 0.25) is 0 Å². The Morgan fingerprint density at radius 2 is 2.33 bits per heavy atom. The Hall–Kier alpha value is -1.33. The van der Waals surface area contributed by atoms with E-state index < -0.39 is 6.10 Å². The zero-order valence-electron chi connectivity index (χ0n) is 10.0. The number of hydrogen-bond acceptors (Lipinski definition) is 2. The van der Waals surface area contributed by atoms with Gasteiger partial charge in [0, 0.05) is 21.9 Å². The maximum absolute atomic E-state index is 11.9. The number of aromatic nitrogens is 1. The number of benzene rings is 1. The van der Waals surface area contributed by atoms with Crippen molar-refractivity contribution in [2.75, 3.05) is 6.54 Å². The summed E-state index contributed by atoms with van der Waals surface area (Å²) in [6.45, 7) is 2.17. The lowest BCUT2D eigenvalue weighted by Crippen LogP contribution is -2.26. The molecular weight excluding hydrogens is 296 g/mol. The minimum atomic E-state index is -0.401. The summed E-state index contributed by atoms with van der Waals surface area (Å²) in [7, 11) is 0. The van der Waals surface area contributed by atoms with Gasteiger partial charge in [-0.15, -0.1) is 0 Å². The van der Waals surface area contributed by atoms with E-state index in [1.165, 1.54) is 0 Å². The summed E-state index contributed by atoms with van der Waals surface area (Å²) in [5.41, 5.74) is 1.45. The van der Waals surface area contributed by atoms with Crippen LogP contribution in [0, 0.1) is 0 Å². The van der Waals surface area contributed by atoms with Gasteiger partial charge in [0.25, 0.3) is 5.91 Å². The Bertz CT molecular complexity index is 563. The number of rotatable bonds is 4. The quantitative estimate of drug-likeness (QED) is 0.812. The van der Waals surface area contributed by atoms with Crippen LogP contribution in [0.15, 0.2) is 28.7 Å². The molecule has 0 spiro atoms. The molecule has 0 radical (unpaired) electrons. The van der Waals surface area contributed by atoms with E-state index in [1.807, 2.05) is 24.3 Å². The number of H-pyrrole nitrogens is 1. The number of hydrogen-bond donors (Lipinski definition) is 3. The van der Waals surface area contributed by atoms with Gasteiger partial charge in [-0.2, -0.15) is 0 Å². The predicted molar refractivity (Wildman–Crippen MR) is 74.6 cm³/mol. The van der Waals surface area contributed by atoms with Crippen LogP contribution in [0.4, 0.5) is 0 Å². The molecule has 0 fully saturated rings. The summed E-state index contributed by atoms with van der Waals surface area (Å²) in [5.74, 6) is -0.154. The second-order valence-electron chi connectivity index (χ2n) is 4.28. The third kappa shape index (κ3) is 2.91. The number of carbonyl (C=O) groups is 1. The second-order valence-corrected chi connectivity index (χ2v) is 5.13. The third-order valence-electron chi connectivity index (χ3n) is 2.70. The van der Waals surface area contributed by atoms with E-state index in [-0.39, 0.29) is 5.91 Å². The molecule has 1 aromatic carbocycles. The summed E-state index contributed by atoms with van der Waals surface area (Å²) in [6, 6.07) is 7.59. The fourth-order valence-electron chi connectivity index (χ4n) is 1.73. The van der Waals surface area contributed by atoms with Gasteiger partial charge in [-0.1, -0.05) is 22.0 Å². The average molecular weight is 311 g/mol. The van der Waals surface area contributed by atoms with Gasteiger partial charge in [-0.05, 0) is 31.5 Å². The van der Waals surface area contributed by atoms with Crippen LogP contribution in [0.25, 0.3) is 10.9 Å². The molecule has 1 unspecified atom stereocenters. The van der Waals surface area contributed by atoms with Gasteiger partial charge in [0.05, 0.1) is 6.10 Å². The van der Waals surface area contributed by atoms with Gasteiger partial charge in [0.2, 0.25) is 0 Å². The van der Waals surface area contributed by atoms with Crippen molar-refractivity contribution in [3.63, 3.8) is 0 Å². The molecule has 96 valence electrons. The zero-order chi connectivity index (χ0) is 13.1. The normalized spacial score (nSPS) is 12.6. The van der Waals surface area contributed by atoms with Crippen molar-refractivity contribution in [1.82, 2.24) is 10.3 Å². The van der Waals surface area contributed by atoms with E-state index in [9.17, 15) is 4.79 Å². The molecule has 0 aliphatic carbocycles. The molecule has 1 heterocycles. The van der Waals surface area contributed by atoms with Gasteiger partial charge in [-0.25, -0.2) is 0 Å². The van der Waals surface area contributed by atoms with Crippen LogP contribution < -0.4 is 5.32 Å². The number of amides is 1. The van der Waals surface area contributed by atoms with Crippen molar-refractivity contribution in [2.24, 2.45) is 0 Å². The van der Waals surface area contributed by atoms with E-state index in [2.05, 4.69) is 26.2 Å². The summed E-state index contributed by atoms with van der Waals surface area (Å²) < 4.78 is 0.958. The summed E-state index contributed by atoms with van der Waals surface area (Å²) in [4.78, 5) is 14.9. The van der Waals surface area contributed by atoms with Gasteiger partial charge in [-0.3, -0.25) is 4.79 Å². The number of fused-ring (bicyclic) bond motifs is 1. The van der Waals surface area contributed by atoms with Crippen LogP contribution in [0.5, 0.6) is 0 Å². The topological polar surface area (TPSA) is 65.1 Å². The molecule has 1 aromatic heterocycles. The van der Waals surface area contributed by atoms with Crippen molar-refractivity contribution in [1.29, 1.82) is 0 Å². The van der Waals surface area contributed by atoms with Crippen LogP contribution in [-0.4, -0.2) is 28.6 Å². The number of halogens is 1. The molecule has 0 aliphatic heterocycles. The van der Waals surface area contributed by atoms with E-state index in [1.54, 1.807) is 6.92 Å².